The number of piperidine rings is 1. The zero-order chi connectivity index (χ0) is 33.8. The van der Waals surface area contributed by atoms with Crippen molar-refractivity contribution in [2.24, 2.45) is 11.3 Å². The van der Waals surface area contributed by atoms with Crippen LogP contribution in [-0.4, -0.2) is 88.2 Å². The smallest absolute Gasteiger partial charge is 0.319 e. The number of ether oxygens (including phenoxy) is 2. The fourth-order valence-electron chi connectivity index (χ4n) is 8.08. The Labute approximate surface area is 278 Å². The molecule has 3 atom stereocenters. The minimum absolute atomic E-state index is 0.0265. The molecule has 0 radical (unpaired) electrons. The van der Waals surface area contributed by atoms with Gasteiger partial charge >= 0.3 is 6.01 Å². The molecule has 48 heavy (non-hydrogen) atoms. The number of pyridine rings is 1. The summed E-state index contributed by atoms with van der Waals surface area (Å²) in [7, 11) is 2.17. The van der Waals surface area contributed by atoms with Crippen LogP contribution in [0.1, 0.15) is 51.5 Å². The van der Waals surface area contributed by atoms with Gasteiger partial charge in [0.1, 0.15) is 28.6 Å². The Kier molecular flexibility index (Phi) is 8.38. The first-order valence-electron chi connectivity index (χ1n) is 16.7. The number of phenolic OH excluding ortho intramolecular Hbond substituents is 1. The minimum Gasteiger partial charge on any atom is -0.508 e. The Morgan fingerprint density at radius 2 is 1.98 bits per heavy atom. The predicted octanol–water partition coefficient (Wildman–Crippen LogP) is 5.68. The number of nitrogens with zero attached hydrogens (tertiary/aromatic N) is 5. The van der Waals surface area contributed by atoms with Crippen molar-refractivity contribution < 1.29 is 28.5 Å². The van der Waals surface area contributed by atoms with E-state index >= 15 is 4.39 Å². The van der Waals surface area contributed by atoms with Crippen LogP contribution >= 0.6 is 0 Å². The average Bonchev–Trinajstić information content (AvgIpc) is 3.33. The molecule has 9 nitrogen and oxygen atoms in total. The van der Waals surface area contributed by atoms with Crippen molar-refractivity contribution in [3.8, 4) is 35.4 Å². The van der Waals surface area contributed by atoms with Gasteiger partial charge in [-0.3, -0.25) is 4.98 Å². The van der Waals surface area contributed by atoms with Gasteiger partial charge in [0.15, 0.2) is 5.82 Å². The lowest BCUT2D eigenvalue weighted by Crippen LogP contribution is -2.50. The van der Waals surface area contributed by atoms with E-state index in [1.54, 1.807) is 13.8 Å². The van der Waals surface area contributed by atoms with Gasteiger partial charge in [-0.2, -0.15) is 9.97 Å². The van der Waals surface area contributed by atoms with Gasteiger partial charge in [-0.05, 0) is 76.7 Å². The minimum atomic E-state index is -1.04. The van der Waals surface area contributed by atoms with E-state index in [1.165, 1.54) is 30.5 Å². The third-order valence-electron chi connectivity index (χ3n) is 10.7. The van der Waals surface area contributed by atoms with Crippen LogP contribution in [0, 0.1) is 35.3 Å². The van der Waals surface area contributed by atoms with Crippen LogP contribution in [0.3, 0.4) is 0 Å². The first kappa shape index (κ1) is 32.4. The Morgan fingerprint density at radius 1 is 1.17 bits per heavy atom. The molecular weight excluding hydrogens is 616 g/mol. The fourth-order valence-corrected chi connectivity index (χ4v) is 8.08. The summed E-state index contributed by atoms with van der Waals surface area (Å²) in [6.07, 6.45) is 12.6. The van der Waals surface area contributed by atoms with Crippen molar-refractivity contribution in [1.29, 1.82) is 0 Å². The number of aliphatic hydroxyl groups is 1. The maximum absolute atomic E-state index is 17.0. The maximum Gasteiger partial charge on any atom is 0.319 e. The average molecular weight is 658 g/mol. The van der Waals surface area contributed by atoms with Crippen molar-refractivity contribution in [3.05, 3.63) is 47.7 Å². The molecule has 252 valence electrons. The number of fused-ring (bicyclic) bond motifs is 3. The van der Waals surface area contributed by atoms with E-state index in [-0.39, 0.29) is 50.8 Å². The number of likely N-dealkylation sites (tertiary alicyclic amines) is 1. The van der Waals surface area contributed by atoms with Gasteiger partial charge < -0.3 is 29.5 Å². The number of halogens is 2. The van der Waals surface area contributed by atoms with E-state index in [0.717, 1.165) is 38.6 Å². The van der Waals surface area contributed by atoms with Crippen molar-refractivity contribution in [2.75, 3.05) is 51.4 Å². The summed E-state index contributed by atoms with van der Waals surface area (Å²) < 4.78 is 44.2. The Bertz CT molecular complexity index is 1920. The summed E-state index contributed by atoms with van der Waals surface area (Å²) >= 11 is 0. The number of anilines is 1. The molecule has 3 unspecified atom stereocenters. The quantitative estimate of drug-likeness (QED) is 0.254. The largest absolute Gasteiger partial charge is 0.508 e. The highest BCUT2D eigenvalue weighted by Gasteiger charge is 2.47. The lowest BCUT2D eigenvalue weighted by Gasteiger charge is -2.44. The topological polar surface area (TPSA) is 104 Å². The second-order valence-electron chi connectivity index (χ2n) is 14.2. The van der Waals surface area contributed by atoms with Crippen molar-refractivity contribution in [3.63, 3.8) is 0 Å². The number of terminal acetylenes is 1. The Hall–Kier alpha value is -4.11. The predicted molar refractivity (Wildman–Crippen MR) is 180 cm³/mol. The highest BCUT2D eigenvalue weighted by Crippen LogP contribution is 2.47. The molecule has 3 fully saturated rings. The zero-order valence-electron chi connectivity index (χ0n) is 27.6. The number of aromatic nitrogens is 3. The van der Waals surface area contributed by atoms with Crippen LogP contribution in [0.5, 0.6) is 11.8 Å². The molecule has 0 spiro atoms. The molecule has 4 heterocycles. The highest BCUT2D eigenvalue weighted by atomic mass is 19.1. The number of aromatic hydroxyl groups is 1. The highest BCUT2D eigenvalue weighted by molar-refractivity contribution is 6.03. The van der Waals surface area contributed by atoms with E-state index in [1.807, 2.05) is 4.90 Å². The van der Waals surface area contributed by atoms with Gasteiger partial charge in [-0.25, -0.2) is 8.78 Å². The first-order chi connectivity index (χ1) is 23.0. The summed E-state index contributed by atoms with van der Waals surface area (Å²) in [5.74, 6) is 0.988. The van der Waals surface area contributed by atoms with Crippen molar-refractivity contribution >= 4 is 27.5 Å². The first-order valence-corrected chi connectivity index (χ1v) is 16.7. The summed E-state index contributed by atoms with van der Waals surface area (Å²) in [6, 6.07) is 5.93. The molecule has 7 rings (SSSR count). The van der Waals surface area contributed by atoms with Crippen LogP contribution in [0.25, 0.3) is 32.9 Å². The number of rotatable bonds is 6. The summed E-state index contributed by atoms with van der Waals surface area (Å²) in [4.78, 5) is 18.4. The molecule has 1 saturated carbocycles. The summed E-state index contributed by atoms with van der Waals surface area (Å²) in [5.41, 5.74) is -1.15. The lowest BCUT2D eigenvalue weighted by atomic mass is 9.76. The van der Waals surface area contributed by atoms with Gasteiger partial charge in [0, 0.05) is 47.6 Å². The van der Waals surface area contributed by atoms with Crippen LogP contribution in [0.15, 0.2) is 30.5 Å². The zero-order valence-corrected chi connectivity index (χ0v) is 27.6. The second kappa shape index (κ2) is 12.4. The van der Waals surface area contributed by atoms with Gasteiger partial charge in [0.05, 0.1) is 36.4 Å². The molecule has 0 amide bonds. The van der Waals surface area contributed by atoms with Gasteiger partial charge in [-0.1, -0.05) is 18.4 Å². The van der Waals surface area contributed by atoms with Crippen molar-refractivity contribution in [1.82, 2.24) is 19.9 Å². The monoisotopic (exact) mass is 657 g/mol. The standard InChI is InChI=1S/C37H41F2N5O4/c1-5-25-28(38)10-9-22-16-24(45)17-26(30(22)25)32-31(39)33-27(18-40-32)34(44-14-15-47-20-23(19-44)36(2,3)46)42-35(41-33)48-21-37-11-6-8-29(37)43(4)13-7-12-37/h1,9-10,16-18,23,29,45-46H,6-8,11-15,19-21H2,2-4H3. The lowest BCUT2D eigenvalue weighted by molar-refractivity contribution is -0.0158. The molecule has 2 saturated heterocycles. The van der Waals surface area contributed by atoms with Crippen molar-refractivity contribution in [2.45, 2.75) is 57.6 Å². The summed E-state index contributed by atoms with van der Waals surface area (Å²) in [6.45, 7) is 6.54. The molecule has 1 aliphatic carbocycles. The maximum atomic E-state index is 17.0. The van der Waals surface area contributed by atoms with Crippen LogP contribution in [0.4, 0.5) is 14.6 Å². The molecule has 4 aromatic rings. The third kappa shape index (κ3) is 5.70. The molecule has 11 heteroatoms. The van der Waals surface area contributed by atoms with Gasteiger partial charge in [0.25, 0.3) is 0 Å². The molecule has 3 aliphatic rings. The third-order valence-corrected chi connectivity index (χ3v) is 10.7. The molecule has 2 aliphatic heterocycles. The Morgan fingerprint density at radius 3 is 2.77 bits per heavy atom. The number of benzene rings is 2. The molecule has 2 aromatic heterocycles. The molecule has 2 N–H and O–H groups in total. The van der Waals surface area contributed by atoms with E-state index in [0.29, 0.717) is 55.5 Å². The second-order valence-corrected chi connectivity index (χ2v) is 14.2. The van der Waals surface area contributed by atoms with Crippen LogP contribution in [-0.2, 0) is 4.74 Å². The SMILES string of the molecule is C#Cc1c(F)ccc2cc(O)cc(-c3ncc4c(N5CCOCC(C(C)(C)O)C5)nc(OCC56CCCC5N(C)CCC6)nc4c3F)c12. The molecule has 2 aromatic carbocycles. The van der Waals surface area contributed by atoms with E-state index in [4.69, 9.17) is 20.9 Å². The van der Waals surface area contributed by atoms with E-state index < -0.39 is 17.2 Å². The van der Waals surface area contributed by atoms with E-state index in [9.17, 15) is 14.6 Å². The Balaban J connectivity index is 1.38. The van der Waals surface area contributed by atoms with Crippen LogP contribution < -0.4 is 9.64 Å². The normalized spacial score (nSPS) is 23.6. The van der Waals surface area contributed by atoms with Gasteiger partial charge in [-0.15, -0.1) is 6.42 Å². The number of hydrogen-bond donors (Lipinski definition) is 2. The van der Waals surface area contributed by atoms with Gasteiger partial charge in [0.2, 0.25) is 0 Å². The number of hydrogen-bond acceptors (Lipinski definition) is 9. The molecule has 0 bridgehead atoms. The van der Waals surface area contributed by atoms with Crippen LogP contribution in [0.2, 0.25) is 0 Å². The van der Waals surface area contributed by atoms with E-state index in [2.05, 4.69) is 27.8 Å². The number of phenols is 1. The fraction of sp³-hybridized carbons (Fsp3) is 0.486. The summed E-state index contributed by atoms with van der Waals surface area (Å²) in [5, 5.41) is 22.6. The molecular formula is C37H41F2N5O4.